The standard InChI is InChI=1S/C24H30N6O4S/c1-16-4-5-18(17(2)12-16)27-23(33)29-9-6-24(7-10-29)8-11-30(14-24)21(32)20(28-34-3)19-13-35-22(26-19)25-15-31/h4-5,12-13,15H,6-11,14H2,1-3H3,(H,27,33)(H,25,26,31). The zero-order valence-corrected chi connectivity index (χ0v) is 21.0. The summed E-state index contributed by atoms with van der Waals surface area (Å²) in [4.78, 5) is 49.6. The van der Waals surface area contributed by atoms with Gasteiger partial charge < -0.3 is 25.3 Å². The molecule has 35 heavy (non-hydrogen) atoms. The summed E-state index contributed by atoms with van der Waals surface area (Å²) < 4.78 is 0. The van der Waals surface area contributed by atoms with Crippen LogP contribution in [0.5, 0.6) is 0 Å². The molecule has 1 aromatic carbocycles. The summed E-state index contributed by atoms with van der Waals surface area (Å²) in [6.07, 6.45) is 3.08. The Morgan fingerprint density at radius 3 is 2.54 bits per heavy atom. The molecule has 1 spiro atoms. The van der Waals surface area contributed by atoms with E-state index in [1.165, 1.54) is 18.4 Å². The Morgan fingerprint density at radius 1 is 1.17 bits per heavy atom. The van der Waals surface area contributed by atoms with Crippen molar-refractivity contribution in [3.8, 4) is 0 Å². The number of aryl methyl sites for hydroxylation is 2. The minimum Gasteiger partial charge on any atom is -0.398 e. The Hall–Kier alpha value is -3.47. The summed E-state index contributed by atoms with van der Waals surface area (Å²) in [5.74, 6) is -0.248. The minimum absolute atomic E-state index is 0.0172. The number of piperidine rings is 1. The highest BCUT2D eigenvalue weighted by molar-refractivity contribution is 7.14. The quantitative estimate of drug-likeness (QED) is 0.360. The van der Waals surface area contributed by atoms with Gasteiger partial charge >= 0.3 is 6.03 Å². The number of oxime groups is 1. The number of urea groups is 1. The number of hydrogen-bond acceptors (Lipinski definition) is 7. The Balaban J connectivity index is 1.36. The fraction of sp³-hybridized carbons (Fsp3) is 0.458. The van der Waals surface area contributed by atoms with Crippen molar-refractivity contribution < 1.29 is 19.2 Å². The molecule has 4 amide bonds. The molecule has 2 aromatic rings. The maximum atomic E-state index is 13.3. The maximum Gasteiger partial charge on any atom is 0.321 e. The van der Waals surface area contributed by atoms with Crippen molar-refractivity contribution >= 4 is 46.2 Å². The number of anilines is 2. The number of nitrogens with zero attached hydrogens (tertiary/aromatic N) is 4. The SMILES string of the molecule is CON=C(C(=O)N1CCC2(CCN(C(=O)Nc3ccc(C)cc3C)CC2)C1)c1csc(NC=O)n1. The van der Waals surface area contributed by atoms with Crippen molar-refractivity contribution in [1.29, 1.82) is 0 Å². The van der Waals surface area contributed by atoms with E-state index in [-0.39, 0.29) is 23.1 Å². The average Bonchev–Trinajstić information content (AvgIpc) is 3.47. The molecular formula is C24H30N6O4S. The van der Waals surface area contributed by atoms with Gasteiger partial charge in [-0.3, -0.25) is 9.59 Å². The Bertz CT molecular complexity index is 1140. The zero-order chi connectivity index (χ0) is 25.0. The number of carbonyl (C=O) groups excluding carboxylic acids is 3. The lowest BCUT2D eigenvalue weighted by Gasteiger charge is -2.39. The molecule has 2 aliphatic rings. The van der Waals surface area contributed by atoms with Crippen LogP contribution in [0.1, 0.15) is 36.1 Å². The number of carbonyl (C=O) groups is 3. The normalized spacial score (nSPS) is 17.4. The number of rotatable bonds is 6. The monoisotopic (exact) mass is 498 g/mol. The van der Waals surface area contributed by atoms with Gasteiger partial charge in [-0.15, -0.1) is 11.3 Å². The number of thiazole rings is 1. The first-order valence-electron chi connectivity index (χ1n) is 11.5. The van der Waals surface area contributed by atoms with E-state index in [2.05, 4.69) is 26.8 Å². The van der Waals surface area contributed by atoms with Crippen LogP contribution in [-0.4, -0.2) is 72.1 Å². The number of amides is 4. The van der Waals surface area contributed by atoms with Crippen molar-refractivity contribution in [3.05, 3.63) is 40.4 Å². The third-order valence-corrected chi connectivity index (χ3v) is 7.55. The topological polar surface area (TPSA) is 116 Å². The van der Waals surface area contributed by atoms with Crippen LogP contribution in [0, 0.1) is 19.3 Å². The molecule has 0 radical (unpaired) electrons. The van der Waals surface area contributed by atoms with Gasteiger partial charge in [-0.1, -0.05) is 22.9 Å². The molecule has 186 valence electrons. The first-order chi connectivity index (χ1) is 16.8. The molecule has 0 bridgehead atoms. The molecule has 2 fully saturated rings. The smallest absolute Gasteiger partial charge is 0.321 e. The number of hydrogen-bond donors (Lipinski definition) is 2. The molecule has 3 heterocycles. The Labute approximate surface area is 208 Å². The molecule has 0 saturated carbocycles. The van der Waals surface area contributed by atoms with E-state index in [1.54, 1.807) is 10.3 Å². The number of benzene rings is 1. The maximum absolute atomic E-state index is 13.3. The van der Waals surface area contributed by atoms with Gasteiger partial charge in [-0.2, -0.15) is 0 Å². The molecule has 2 aliphatic heterocycles. The molecule has 1 aromatic heterocycles. The van der Waals surface area contributed by atoms with Crippen LogP contribution < -0.4 is 10.6 Å². The molecule has 0 unspecified atom stereocenters. The predicted octanol–water partition coefficient (Wildman–Crippen LogP) is 3.23. The van der Waals surface area contributed by atoms with Crippen molar-refractivity contribution in [1.82, 2.24) is 14.8 Å². The number of likely N-dealkylation sites (tertiary alicyclic amines) is 2. The Morgan fingerprint density at radius 2 is 1.89 bits per heavy atom. The van der Waals surface area contributed by atoms with Crippen molar-refractivity contribution in [2.24, 2.45) is 10.6 Å². The number of aromatic nitrogens is 1. The van der Waals surface area contributed by atoms with Gasteiger partial charge in [-0.25, -0.2) is 9.78 Å². The van der Waals surface area contributed by atoms with E-state index < -0.39 is 0 Å². The van der Waals surface area contributed by atoms with Crippen molar-refractivity contribution in [2.75, 3.05) is 43.9 Å². The van der Waals surface area contributed by atoms with Crippen LogP contribution >= 0.6 is 11.3 Å². The van der Waals surface area contributed by atoms with E-state index in [4.69, 9.17) is 4.84 Å². The van der Waals surface area contributed by atoms with E-state index in [0.717, 1.165) is 36.1 Å². The third-order valence-electron chi connectivity index (χ3n) is 6.77. The lowest BCUT2D eigenvalue weighted by atomic mass is 9.78. The van der Waals surface area contributed by atoms with E-state index in [1.807, 2.05) is 30.9 Å². The van der Waals surface area contributed by atoms with Gasteiger partial charge in [0.1, 0.15) is 12.8 Å². The first-order valence-corrected chi connectivity index (χ1v) is 12.4. The van der Waals surface area contributed by atoms with E-state index in [0.29, 0.717) is 43.4 Å². The van der Waals surface area contributed by atoms with Crippen LogP contribution in [0.2, 0.25) is 0 Å². The second-order valence-corrected chi connectivity index (χ2v) is 9.99. The van der Waals surface area contributed by atoms with Crippen LogP contribution in [0.4, 0.5) is 15.6 Å². The summed E-state index contributed by atoms with van der Waals surface area (Å²) in [6.45, 7) is 6.52. The molecule has 4 rings (SSSR count). The summed E-state index contributed by atoms with van der Waals surface area (Å²) in [7, 11) is 1.38. The van der Waals surface area contributed by atoms with E-state index >= 15 is 0 Å². The van der Waals surface area contributed by atoms with Crippen LogP contribution in [0.25, 0.3) is 0 Å². The molecule has 11 heteroatoms. The van der Waals surface area contributed by atoms with Crippen molar-refractivity contribution in [3.63, 3.8) is 0 Å². The highest BCUT2D eigenvalue weighted by atomic mass is 32.1. The summed E-state index contributed by atoms with van der Waals surface area (Å²) >= 11 is 1.21. The summed E-state index contributed by atoms with van der Waals surface area (Å²) in [5, 5.41) is 11.5. The largest absolute Gasteiger partial charge is 0.398 e. The summed E-state index contributed by atoms with van der Waals surface area (Å²) in [5.41, 5.74) is 3.50. The molecular weight excluding hydrogens is 468 g/mol. The lowest BCUT2D eigenvalue weighted by molar-refractivity contribution is -0.123. The highest BCUT2D eigenvalue weighted by Crippen LogP contribution is 2.40. The van der Waals surface area contributed by atoms with Crippen LogP contribution in [0.3, 0.4) is 0 Å². The second kappa shape index (κ2) is 10.4. The first kappa shape index (κ1) is 24.6. The molecule has 10 nitrogen and oxygen atoms in total. The van der Waals surface area contributed by atoms with Gasteiger partial charge in [0, 0.05) is 37.2 Å². The van der Waals surface area contributed by atoms with Gasteiger partial charge in [0.25, 0.3) is 5.91 Å². The molecule has 0 aliphatic carbocycles. The van der Waals surface area contributed by atoms with Gasteiger partial charge in [0.2, 0.25) is 6.41 Å². The second-order valence-electron chi connectivity index (χ2n) is 9.13. The fourth-order valence-electron chi connectivity index (χ4n) is 4.78. The predicted molar refractivity (Wildman–Crippen MR) is 135 cm³/mol. The Kier molecular flexibility index (Phi) is 7.34. The molecule has 2 N–H and O–H groups in total. The third kappa shape index (κ3) is 5.45. The number of nitrogens with one attached hydrogen (secondary N) is 2. The minimum atomic E-state index is -0.248. The van der Waals surface area contributed by atoms with Gasteiger partial charge in [0.15, 0.2) is 10.8 Å². The lowest BCUT2D eigenvalue weighted by Crippen LogP contribution is -2.46. The summed E-state index contributed by atoms with van der Waals surface area (Å²) in [6, 6.07) is 5.89. The van der Waals surface area contributed by atoms with Gasteiger partial charge in [0.05, 0.1) is 0 Å². The highest BCUT2D eigenvalue weighted by Gasteiger charge is 2.44. The van der Waals surface area contributed by atoms with E-state index in [9.17, 15) is 14.4 Å². The fourth-order valence-corrected chi connectivity index (χ4v) is 5.44. The zero-order valence-electron chi connectivity index (χ0n) is 20.2. The van der Waals surface area contributed by atoms with Gasteiger partial charge in [-0.05, 0) is 50.2 Å². The molecule has 0 atom stereocenters. The van der Waals surface area contributed by atoms with Crippen LogP contribution in [-0.2, 0) is 14.4 Å². The molecule has 2 saturated heterocycles. The van der Waals surface area contributed by atoms with Crippen molar-refractivity contribution in [2.45, 2.75) is 33.1 Å². The van der Waals surface area contributed by atoms with Crippen LogP contribution in [0.15, 0.2) is 28.7 Å². The average molecular weight is 499 g/mol.